The largest absolute Gasteiger partial charge is 0.326 e. The van der Waals surface area contributed by atoms with Crippen molar-refractivity contribution in [1.29, 1.82) is 0 Å². The lowest BCUT2D eigenvalue weighted by molar-refractivity contribution is 0.267. The molecule has 51 heavy (non-hydrogen) atoms. The number of nitrogens with one attached hydrogen (secondary N) is 1. The summed E-state index contributed by atoms with van der Waals surface area (Å²) in [5.74, 6) is 0.211. The number of aromatic nitrogens is 5. The predicted molar refractivity (Wildman–Crippen MR) is 192 cm³/mol. The topological polar surface area (TPSA) is 160 Å². The van der Waals surface area contributed by atoms with Crippen LogP contribution in [-0.4, -0.2) is 75.9 Å². The third-order valence-corrected chi connectivity index (χ3v) is 10.6. The molecule has 4 heterocycles. The number of benzene rings is 2. The number of halogens is 2. The Morgan fingerprint density at radius 3 is 2.25 bits per heavy atom. The van der Waals surface area contributed by atoms with Gasteiger partial charge in [0.05, 0.1) is 22.4 Å². The second-order valence-corrected chi connectivity index (χ2v) is 16.7. The Balaban J connectivity index is 0.000000328. The summed E-state index contributed by atoms with van der Waals surface area (Å²) in [5.41, 5.74) is 5.14. The summed E-state index contributed by atoms with van der Waals surface area (Å²) in [6, 6.07) is 10.2. The molecule has 12 nitrogen and oxygen atoms in total. The summed E-state index contributed by atoms with van der Waals surface area (Å²) in [7, 11) is -7.10. The maximum Gasteiger partial charge on any atom is 0.295 e. The number of nitrogens with zero attached hydrogens (tertiary/aromatic N) is 6. The zero-order valence-corrected chi connectivity index (χ0v) is 31.1. The molecule has 16 heteroatoms. The van der Waals surface area contributed by atoms with Crippen LogP contribution in [0.1, 0.15) is 53.7 Å². The maximum absolute atomic E-state index is 15.0. The van der Waals surface area contributed by atoms with Crippen LogP contribution >= 0.6 is 0 Å². The number of pyridine rings is 1. The van der Waals surface area contributed by atoms with Gasteiger partial charge in [0.15, 0.2) is 11.6 Å². The predicted octanol–water partition coefficient (Wildman–Crippen LogP) is 6.06. The van der Waals surface area contributed by atoms with Crippen molar-refractivity contribution in [2.24, 2.45) is 0 Å². The van der Waals surface area contributed by atoms with Crippen LogP contribution in [0.4, 0.5) is 20.5 Å². The summed E-state index contributed by atoms with van der Waals surface area (Å²) >= 11 is 0. The molecule has 0 amide bonds. The Hall–Kier alpha value is -4.38. The highest BCUT2D eigenvalue weighted by atomic mass is 32.2. The number of sulfone groups is 1. The number of rotatable bonds is 8. The fourth-order valence-electron chi connectivity index (χ4n) is 6.41. The van der Waals surface area contributed by atoms with Crippen molar-refractivity contribution in [2.45, 2.75) is 65.4 Å². The molecule has 3 aromatic heterocycles. The summed E-state index contributed by atoms with van der Waals surface area (Å²) in [4.78, 5) is 19.5. The Bertz CT molecular complexity index is 2320. The first-order valence-corrected chi connectivity index (χ1v) is 19.7. The van der Waals surface area contributed by atoms with Crippen molar-refractivity contribution < 1.29 is 30.2 Å². The molecule has 1 aliphatic rings. The van der Waals surface area contributed by atoms with Crippen LogP contribution in [0.5, 0.6) is 0 Å². The zero-order chi connectivity index (χ0) is 37.4. The first-order chi connectivity index (χ1) is 23.8. The smallest absolute Gasteiger partial charge is 0.295 e. The lowest BCUT2D eigenvalue weighted by atomic mass is 10.1. The lowest BCUT2D eigenvalue weighted by Gasteiger charge is -2.28. The molecule has 1 aliphatic heterocycles. The van der Waals surface area contributed by atoms with E-state index < -0.39 is 31.6 Å². The number of hydrogen-bond acceptors (Lipinski definition) is 10. The molecular formula is C35H41F2N7O5S2. The van der Waals surface area contributed by atoms with Crippen LogP contribution in [0.3, 0.4) is 0 Å². The number of aryl methyl sites for hydroxylation is 4. The van der Waals surface area contributed by atoms with Gasteiger partial charge in [0.25, 0.3) is 10.1 Å². The fraction of sp³-hybridized carbons (Fsp3) is 0.371. The van der Waals surface area contributed by atoms with Gasteiger partial charge in [-0.15, -0.1) is 0 Å². The van der Waals surface area contributed by atoms with Gasteiger partial charge in [0.1, 0.15) is 32.7 Å². The number of imidazole rings is 1. The molecule has 2 aromatic carbocycles. The van der Waals surface area contributed by atoms with Crippen LogP contribution in [0.2, 0.25) is 0 Å². The summed E-state index contributed by atoms with van der Waals surface area (Å²) in [5, 5.41) is 3.03. The Morgan fingerprint density at radius 1 is 0.941 bits per heavy atom. The molecule has 0 atom stereocenters. The average molecular weight is 742 g/mol. The monoisotopic (exact) mass is 741 g/mol. The van der Waals surface area contributed by atoms with Crippen LogP contribution in [0.25, 0.3) is 22.3 Å². The van der Waals surface area contributed by atoms with E-state index in [1.807, 2.05) is 38.3 Å². The Morgan fingerprint density at radius 2 is 1.63 bits per heavy atom. The van der Waals surface area contributed by atoms with Gasteiger partial charge >= 0.3 is 0 Å². The summed E-state index contributed by atoms with van der Waals surface area (Å²) < 4.78 is 85.5. The lowest BCUT2D eigenvalue weighted by Crippen LogP contribution is -2.34. The second kappa shape index (κ2) is 14.7. The number of fused-ring (bicyclic) bond motifs is 2. The van der Waals surface area contributed by atoms with Gasteiger partial charge in [-0.05, 0) is 76.4 Å². The normalized spacial score (nSPS) is 13.6. The summed E-state index contributed by atoms with van der Waals surface area (Å²) in [6.07, 6.45) is 2.96. The molecule has 6 rings (SSSR count). The maximum atomic E-state index is 15.0. The van der Waals surface area contributed by atoms with Gasteiger partial charge in [0, 0.05) is 49.6 Å². The molecule has 0 unspecified atom stereocenters. The van der Waals surface area contributed by atoms with Gasteiger partial charge in [-0.3, -0.25) is 9.45 Å². The van der Waals surface area contributed by atoms with E-state index in [1.54, 1.807) is 38.1 Å². The molecule has 0 bridgehead atoms. The van der Waals surface area contributed by atoms with E-state index in [1.165, 1.54) is 12.3 Å². The molecule has 5 aromatic rings. The van der Waals surface area contributed by atoms with Crippen molar-refractivity contribution >= 4 is 42.8 Å². The third-order valence-electron chi connectivity index (χ3n) is 8.47. The highest BCUT2D eigenvalue weighted by molar-refractivity contribution is 7.90. The Kier molecular flexibility index (Phi) is 10.9. The minimum absolute atomic E-state index is 0.0260. The van der Waals surface area contributed by atoms with Crippen LogP contribution in [0.15, 0.2) is 47.5 Å². The van der Waals surface area contributed by atoms with Gasteiger partial charge in [-0.1, -0.05) is 23.8 Å². The third kappa shape index (κ3) is 8.92. The molecule has 0 saturated carbocycles. The highest BCUT2D eigenvalue weighted by Gasteiger charge is 2.21. The standard InChI is InChI=1S/C26H29F2N7O2S.C9H12O3S/c1-15(2)35-16(3)30-25-19(27)11-18(12-22(25)35)24-20(28)13-29-26(33-24)32-23-6-5-17-14-34(8-7-21(17)31-23)9-10-38(4,36)37;1-6-4-7(2)9(8(3)5-6)13(10,11)12/h5-6,11-13,15H,7-10,14H2,1-4H3,(H,29,31,32,33);4-5H,1-3H3,(H,10,11,12). The molecular weight excluding hydrogens is 701 g/mol. The molecule has 2 N–H and O–H groups in total. The van der Waals surface area contributed by atoms with Gasteiger partial charge in [0.2, 0.25) is 5.95 Å². The van der Waals surface area contributed by atoms with E-state index in [4.69, 9.17) is 4.55 Å². The van der Waals surface area contributed by atoms with Crippen LogP contribution < -0.4 is 5.32 Å². The molecule has 0 aliphatic carbocycles. The van der Waals surface area contributed by atoms with Crippen molar-refractivity contribution in [1.82, 2.24) is 29.4 Å². The van der Waals surface area contributed by atoms with Gasteiger partial charge < -0.3 is 9.88 Å². The average Bonchev–Trinajstić information content (AvgIpc) is 3.36. The molecule has 0 saturated heterocycles. The minimum atomic E-state index is -4.08. The van der Waals surface area contributed by atoms with E-state index in [-0.39, 0.29) is 39.4 Å². The van der Waals surface area contributed by atoms with Crippen molar-refractivity contribution in [3.05, 3.63) is 88.0 Å². The Labute approximate surface area is 296 Å². The molecule has 272 valence electrons. The van der Waals surface area contributed by atoms with Crippen molar-refractivity contribution in [3.8, 4) is 11.3 Å². The van der Waals surface area contributed by atoms with Crippen LogP contribution in [-0.2, 0) is 32.9 Å². The zero-order valence-electron chi connectivity index (χ0n) is 29.5. The van der Waals surface area contributed by atoms with Crippen LogP contribution in [0, 0.1) is 39.3 Å². The SMILES string of the molecule is Cc1cc(C)c(S(=O)(=O)O)c(C)c1.Cc1nc2c(F)cc(-c3nc(Nc4ccc5c(n4)CCN(CCS(C)(=O)=O)C5)ncc3F)cc2n1C(C)C. The first-order valence-electron chi connectivity index (χ1n) is 16.2. The van der Waals surface area contributed by atoms with Gasteiger partial charge in [-0.2, -0.15) is 8.42 Å². The van der Waals surface area contributed by atoms with E-state index in [0.29, 0.717) is 54.3 Å². The first kappa shape index (κ1) is 37.9. The van der Waals surface area contributed by atoms with E-state index in [2.05, 4.69) is 30.2 Å². The van der Waals surface area contributed by atoms with Gasteiger partial charge in [-0.25, -0.2) is 37.1 Å². The van der Waals surface area contributed by atoms with Crippen molar-refractivity contribution in [3.63, 3.8) is 0 Å². The van der Waals surface area contributed by atoms with E-state index in [0.717, 1.165) is 23.0 Å². The van der Waals surface area contributed by atoms with E-state index >= 15 is 0 Å². The number of anilines is 2. The van der Waals surface area contributed by atoms with Crippen molar-refractivity contribution in [2.75, 3.05) is 30.4 Å². The quantitative estimate of drug-likeness (QED) is 0.178. The second-order valence-electron chi connectivity index (χ2n) is 13.1. The van der Waals surface area contributed by atoms with E-state index in [9.17, 15) is 25.6 Å². The molecule has 0 spiro atoms. The fourth-order valence-corrected chi connectivity index (χ4v) is 7.93. The summed E-state index contributed by atoms with van der Waals surface area (Å²) in [6.45, 7) is 12.8. The molecule has 0 fully saturated rings. The highest BCUT2D eigenvalue weighted by Crippen LogP contribution is 2.31. The molecule has 0 radical (unpaired) electrons. The minimum Gasteiger partial charge on any atom is -0.326 e. The number of hydrogen-bond donors (Lipinski definition) is 2.